The van der Waals surface area contributed by atoms with Crippen LogP contribution >= 0.6 is 0 Å². The molecule has 0 aromatic carbocycles. The van der Waals surface area contributed by atoms with Crippen LogP contribution in [0.4, 0.5) is 0 Å². The van der Waals surface area contributed by atoms with Gasteiger partial charge in [-0.15, -0.1) is 6.58 Å². The van der Waals surface area contributed by atoms with Gasteiger partial charge in [0.15, 0.2) is 0 Å². The van der Waals surface area contributed by atoms with Gasteiger partial charge in [0.25, 0.3) is 0 Å². The first kappa shape index (κ1) is 15.1. The quantitative estimate of drug-likeness (QED) is 0.434. The minimum Gasteiger partial charge on any atom is -0.380 e. The minimum atomic E-state index is -0.185. The lowest BCUT2D eigenvalue weighted by Gasteiger charge is -2.13. The van der Waals surface area contributed by atoms with Crippen LogP contribution in [0.15, 0.2) is 12.7 Å². The van der Waals surface area contributed by atoms with Crippen molar-refractivity contribution in [3.8, 4) is 0 Å². The maximum atomic E-state index is 11.4. The molecular weight excluding hydrogens is 204 g/mol. The molecular formula is C12H24N2O2. The lowest BCUT2D eigenvalue weighted by molar-refractivity contribution is -0.122. The van der Waals surface area contributed by atoms with E-state index in [2.05, 4.69) is 24.1 Å². The van der Waals surface area contributed by atoms with E-state index in [1.807, 2.05) is 6.92 Å². The van der Waals surface area contributed by atoms with Gasteiger partial charge >= 0.3 is 0 Å². The molecule has 1 amide bonds. The van der Waals surface area contributed by atoms with Crippen molar-refractivity contribution in [3.63, 3.8) is 0 Å². The zero-order valence-electron chi connectivity index (χ0n) is 10.4. The molecule has 0 radical (unpaired) electrons. The van der Waals surface area contributed by atoms with Crippen molar-refractivity contribution in [2.75, 3.05) is 26.3 Å². The molecule has 0 aromatic heterocycles. The Labute approximate surface area is 98.4 Å². The van der Waals surface area contributed by atoms with E-state index in [-0.39, 0.29) is 11.9 Å². The van der Waals surface area contributed by atoms with Crippen LogP contribution in [0.3, 0.4) is 0 Å². The lowest BCUT2D eigenvalue weighted by atomic mass is 10.3. The number of unbranched alkanes of at least 4 members (excludes halogenated alkanes) is 1. The Morgan fingerprint density at radius 3 is 2.88 bits per heavy atom. The van der Waals surface area contributed by atoms with Crippen molar-refractivity contribution >= 4 is 5.91 Å². The Kier molecular flexibility index (Phi) is 10.1. The molecule has 0 rings (SSSR count). The zero-order chi connectivity index (χ0) is 12.2. The Morgan fingerprint density at radius 2 is 2.25 bits per heavy atom. The largest absolute Gasteiger partial charge is 0.380 e. The molecule has 1 unspecified atom stereocenters. The van der Waals surface area contributed by atoms with E-state index in [0.717, 1.165) is 19.4 Å². The summed E-state index contributed by atoms with van der Waals surface area (Å²) in [6, 6.07) is -0.185. The first-order chi connectivity index (χ1) is 7.72. The van der Waals surface area contributed by atoms with Crippen LogP contribution in [0.2, 0.25) is 0 Å². The fraction of sp³-hybridized carbons (Fsp3) is 0.750. The predicted octanol–water partition coefficient (Wildman–Crippen LogP) is 1.08. The Bertz CT molecular complexity index is 195. The second kappa shape index (κ2) is 10.6. The molecule has 0 aliphatic rings. The zero-order valence-corrected chi connectivity index (χ0v) is 10.4. The monoisotopic (exact) mass is 228 g/mol. The molecule has 2 N–H and O–H groups in total. The average Bonchev–Trinajstić information content (AvgIpc) is 2.30. The van der Waals surface area contributed by atoms with Crippen molar-refractivity contribution in [3.05, 3.63) is 12.7 Å². The van der Waals surface area contributed by atoms with Crippen LogP contribution in [0.5, 0.6) is 0 Å². The standard InChI is InChI=1S/C12H24N2O2/c1-4-6-9-16-10-8-13-11(3)12(15)14-7-5-2/h5,11,13H,2,4,6-10H2,1,3H3,(H,14,15). The number of rotatable bonds is 10. The van der Waals surface area contributed by atoms with E-state index >= 15 is 0 Å². The van der Waals surface area contributed by atoms with Crippen molar-refractivity contribution in [1.82, 2.24) is 10.6 Å². The van der Waals surface area contributed by atoms with Gasteiger partial charge in [0.2, 0.25) is 5.91 Å². The number of carbonyl (C=O) groups excluding carboxylic acids is 1. The Hall–Kier alpha value is -0.870. The number of amides is 1. The molecule has 0 saturated carbocycles. The van der Waals surface area contributed by atoms with E-state index in [0.29, 0.717) is 19.7 Å². The molecule has 94 valence electrons. The molecule has 4 nitrogen and oxygen atoms in total. The predicted molar refractivity (Wildman–Crippen MR) is 66.4 cm³/mol. The smallest absolute Gasteiger partial charge is 0.237 e. The van der Waals surface area contributed by atoms with Gasteiger partial charge in [0.05, 0.1) is 12.6 Å². The second-order valence-corrected chi connectivity index (χ2v) is 3.68. The fourth-order valence-electron chi connectivity index (χ4n) is 1.11. The van der Waals surface area contributed by atoms with Gasteiger partial charge in [0.1, 0.15) is 0 Å². The topological polar surface area (TPSA) is 50.4 Å². The van der Waals surface area contributed by atoms with Crippen molar-refractivity contribution in [2.24, 2.45) is 0 Å². The number of nitrogens with one attached hydrogen (secondary N) is 2. The summed E-state index contributed by atoms with van der Waals surface area (Å²) < 4.78 is 5.37. The molecule has 0 spiro atoms. The maximum Gasteiger partial charge on any atom is 0.237 e. The summed E-state index contributed by atoms with van der Waals surface area (Å²) in [6.07, 6.45) is 3.90. The van der Waals surface area contributed by atoms with Gasteiger partial charge < -0.3 is 15.4 Å². The highest BCUT2D eigenvalue weighted by atomic mass is 16.5. The molecule has 0 aliphatic carbocycles. The van der Waals surface area contributed by atoms with Gasteiger partial charge in [0, 0.05) is 19.7 Å². The van der Waals surface area contributed by atoms with Crippen molar-refractivity contribution in [1.29, 1.82) is 0 Å². The summed E-state index contributed by atoms with van der Waals surface area (Å²) in [5.41, 5.74) is 0. The summed E-state index contributed by atoms with van der Waals surface area (Å²) in [5, 5.41) is 5.83. The molecule has 0 fully saturated rings. The molecule has 1 atom stereocenters. The highest BCUT2D eigenvalue weighted by molar-refractivity contribution is 5.81. The fourth-order valence-corrected chi connectivity index (χ4v) is 1.11. The normalized spacial score (nSPS) is 12.1. The maximum absolute atomic E-state index is 11.4. The first-order valence-electron chi connectivity index (χ1n) is 5.92. The van der Waals surface area contributed by atoms with E-state index in [1.54, 1.807) is 6.08 Å². The van der Waals surface area contributed by atoms with Gasteiger partial charge in [-0.1, -0.05) is 19.4 Å². The van der Waals surface area contributed by atoms with Crippen molar-refractivity contribution < 1.29 is 9.53 Å². The average molecular weight is 228 g/mol. The lowest BCUT2D eigenvalue weighted by Crippen LogP contribution is -2.43. The third-order valence-corrected chi connectivity index (χ3v) is 2.15. The van der Waals surface area contributed by atoms with Gasteiger partial charge in [-0.2, -0.15) is 0 Å². The molecule has 0 aliphatic heterocycles. The number of hydrogen-bond acceptors (Lipinski definition) is 3. The second-order valence-electron chi connectivity index (χ2n) is 3.68. The summed E-state index contributed by atoms with van der Waals surface area (Å²) in [5.74, 6) is -0.00606. The van der Waals surface area contributed by atoms with E-state index in [4.69, 9.17) is 4.74 Å². The molecule has 0 heterocycles. The van der Waals surface area contributed by atoms with E-state index in [1.165, 1.54) is 0 Å². The van der Waals surface area contributed by atoms with E-state index < -0.39 is 0 Å². The molecule has 0 saturated heterocycles. The van der Waals surface area contributed by atoms with E-state index in [9.17, 15) is 4.79 Å². The van der Waals surface area contributed by atoms with Crippen LogP contribution in [0.25, 0.3) is 0 Å². The third kappa shape index (κ3) is 8.44. The van der Waals surface area contributed by atoms with Gasteiger partial charge in [-0.25, -0.2) is 0 Å². The van der Waals surface area contributed by atoms with Crippen LogP contribution in [-0.4, -0.2) is 38.3 Å². The number of hydrogen-bond donors (Lipinski definition) is 2. The number of ether oxygens (including phenoxy) is 1. The van der Waals surface area contributed by atoms with Crippen LogP contribution in [0, 0.1) is 0 Å². The Morgan fingerprint density at radius 1 is 1.50 bits per heavy atom. The highest BCUT2D eigenvalue weighted by Gasteiger charge is 2.09. The first-order valence-corrected chi connectivity index (χ1v) is 5.92. The van der Waals surface area contributed by atoms with Gasteiger partial charge in [-0.05, 0) is 13.3 Å². The van der Waals surface area contributed by atoms with Crippen LogP contribution in [0.1, 0.15) is 26.7 Å². The van der Waals surface area contributed by atoms with Crippen molar-refractivity contribution in [2.45, 2.75) is 32.7 Å². The summed E-state index contributed by atoms with van der Waals surface area (Å²) in [6.45, 7) is 10.2. The Balaban J connectivity index is 3.38. The number of carbonyl (C=O) groups is 1. The SMILES string of the molecule is C=CCNC(=O)C(C)NCCOCCCC. The van der Waals surface area contributed by atoms with Gasteiger partial charge in [-0.3, -0.25) is 4.79 Å². The molecule has 0 bridgehead atoms. The van der Waals surface area contributed by atoms with Crippen LogP contribution < -0.4 is 10.6 Å². The summed E-state index contributed by atoms with van der Waals surface area (Å²) >= 11 is 0. The summed E-state index contributed by atoms with van der Waals surface area (Å²) in [7, 11) is 0. The highest BCUT2D eigenvalue weighted by Crippen LogP contribution is 1.87. The molecule has 0 aromatic rings. The molecule has 4 heteroatoms. The summed E-state index contributed by atoms with van der Waals surface area (Å²) in [4.78, 5) is 11.4. The van der Waals surface area contributed by atoms with Crippen LogP contribution in [-0.2, 0) is 9.53 Å². The molecule has 16 heavy (non-hydrogen) atoms. The minimum absolute atomic E-state index is 0.00606. The third-order valence-electron chi connectivity index (χ3n) is 2.15.